The van der Waals surface area contributed by atoms with E-state index in [0.717, 1.165) is 16.3 Å². The number of halogens is 1. The van der Waals surface area contributed by atoms with Crippen molar-refractivity contribution in [1.29, 1.82) is 5.26 Å². The van der Waals surface area contributed by atoms with E-state index in [2.05, 4.69) is 4.98 Å². The van der Waals surface area contributed by atoms with Crippen molar-refractivity contribution in [1.82, 2.24) is 9.55 Å². The molecule has 0 spiro atoms. The third-order valence-corrected chi connectivity index (χ3v) is 12.8. The highest BCUT2D eigenvalue weighted by Crippen LogP contribution is 2.52. The molecule has 2 aliphatic rings. The van der Waals surface area contributed by atoms with Crippen LogP contribution in [0.25, 0.3) is 0 Å². The zero-order valence-electron chi connectivity index (χ0n) is 32.5. The van der Waals surface area contributed by atoms with E-state index in [4.69, 9.17) is 37.8 Å². The number of ketones is 1. The summed E-state index contributed by atoms with van der Waals surface area (Å²) in [6, 6.07) is 19.7. The summed E-state index contributed by atoms with van der Waals surface area (Å²) in [7, 11) is -4.48. The zero-order chi connectivity index (χ0) is 41.8. The third-order valence-electron chi connectivity index (χ3n) is 9.81. The summed E-state index contributed by atoms with van der Waals surface area (Å²) in [6.45, 7) is 5.79. The molecular formula is C40H47FN3O12PS. The van der Waals surface area contributed by atoms with Crippen molar-refractivity contribution in [2.24, 2.45) is 11.8 Å². The Morgan fingerprint density at radius 3 is 2.24 bits per heavy atom. The Morgan fingerprint density at radius 2 is 1.60 bits per heavy atom. The van der Waals surface area contributed by atoms with Crippen LogP contribution in [0.4, 0.5) is 4.39 Å². The lowest BCUT2D eigenvalue weighted by molar-refractivity contribution is -0.276. The highest BCUT2D eigenvalue weighted by molar-refractivity contribution is 8.00. The van der Waals surface area contributed by atoms with E-state index in [1.165, 1.54) is 31.3 Å². The average molecular weight is 844 g/mol. The van der Waals surface area contributed by atoms with Crippen molar-refractivity contribution in [3.8, 4) is 6.07 Å². The van der Waals surface area contributed by atoms with Crippen molar-refractivity contribution in [3.63, 3.8) is 0 Å². The minimum atomic E-state index is -4.48. The molecule has 3 aromatic rings. The Hall–Kier alpha value is -4.27. The van der Waals surface area contributed by atoms with E-state index in [9.17, 15) is 23.7 Å². The molecule has 18 heteroatoms. The summed E-state index contributed by atoms with van der Waals surface area (Å²) in [5.41, 5.74) is -0.0623. The summed E-state index contributed by atoms with van der Waals surface area (Å²) in [4.78, 5) is 55.1. The summed E-state index contributed by atoms with van der Waals surface area (Å²) in [6.07, 6.45) is -3.61. The van der Waals surface area contributed by atoms with Crippen LogP contribution in [0.1, 0.15) is 72.3 Å². The SMILES string of the molecule is CCC1O[C@@H](OCCOP(=O)(OCCC#N)OC[C@H]2S[C@@H](n3ccc(CC(=O)c4ccccc4)nc3=O)[C@@H](F)[C@@H]2OC(=O)c2ccccc2)C(OC(C)=O)[C@@H](C)[C@@H]1C. The van der Waals surface area contributed by atoms with Crippen LogP contribution in [0, 0.1) is 23.2 Å². The van der Waals surface area contributed by atoms with Gasteiger partial charge in [-0.25, -0.2) is 18.5 Å². The van der Waals surface area contributed by atoms with Crippen LogP contribution in [-0.2, 0) is 48.3 Å². The van der Waals surface area contributed by atoms with E-state index in [0.29, 0.717) is 12.0 Å². The number of hydrogen-bond donors (Lipinski definition) is 0. The van der Waals surface area contributed by atoms with Gasteiger partial charge in [-0.3, -0.25) is 27.7 Å². The Kier molecular flexibility index (Phi) is 16.3. The van der Waals surface area contributed by atoms with Gasteiger partial charge in [-0.2, -0.15) is 10.2 Å². The fraction of sp³-hybridized carbons (Fsp3) is 0.500. The van der Waals surface area contributed by atoms with Crippen LogP contribution in [0.15, 0.2) is 77.7 Å². The predicted octanol–water partition coefficient (Wildman–Crippen LogP) is 6.27. The normalized spacial score (nSPS) is 26.6. The number of hydrogen-bond acceptors (Lipinski definition) is 15. The molecule has 10 atom stereocenters. The molecule has 1 aromatic heterocycles. The van der Waals surface area contributed by atoms with E-state index in [1.54, 1.807) is 48.5 Å². The number of phosphoric ester groups is 1. The largest absolute Gasteiger partial charge is 0.474 e. The van der Waals surface area contributed by atoms with Crippen molar-refractivity contribution < 1.29 is 55.9 Å². The Labute approximate surface area is 340 Å². The quantitative estimate of drug-likeness (QED) is 0.0567. The highest BCUT2D eigenvalue weighted by atomic mass is 32.2. The summed E-state index contributed by atoms with van der Waals surface area (Å²) in [5, 5.41) is 6.77. The first-order chi connectivity index (χ1) is 27.8. The highest BCUT2D eigenvalue weighted by Gasteiger charge is 2.50. The molecule has 3 unspecified atom stereocenters. The molecule has 5 rings (SSSR count). The molecule has 2 aromatic carbocycles. The monoisotopic (exact) mass is 843 g/mol. The van der Waals surface area contributed by atoms with Crippen LogP contribution in [0.2, 0.25) is 0 Å². The lowest BCUT2D eigenvalue weighted by Crippen LogP contribution is -2.52. The van der Waals surface area contributed by atoms with Gasteiger partial charge in [0.15, 0.2) is 30.5 Å². The molecule has 312 valence electrons. The maximum Gasteiger partial charge on any atom is 0.474 e. The van der Waals surface area contributed by atoms with Crippen molar-refractivity contribution >= 4 is 37.3 Å². The predicted molar refractivity (Wildman–Crippen MR) is 208 cm³/mol. The maximum atomic E-state index is 16.5. The van der Waals surface area contributed by atoms with Gasteiger partial charge < -0.3 is 18.9 Å². The van der Waals surface area contributed by atoms with Gasteiger partial charge in [-0.15, -0.1) is 11.8 Å². The van der Waals surface area contributed by atoms with E-state index < -0.39 is 67.4 Å². The molecule has 3 heterocycles. The van der Waals surface area contributed by atoms with Crippen LogP contribution in [-0.4, -0.2) is 89.7 Å². The third kappa shape index (κ3) is 11.7. The second-order valence-corrected chi connectivity index (χ2v) is 16.8. The van der Waals surface area contributed by atoms with Crippen LogP contribution in [0.3, 0.4) is 0 Å². The molecule has 2 saturated heterocycles. The number of alkyl halides is 1. The van der Waals surface area contributed by atoms with Crippen LogP contribution >= 0.6 is 19.6 Å². The fourth-order valence-electron chi connectivity index (χ4n) is 6.60. The number of ether oxygens (including phenoxy) is 4. The lowest BCUT2D eigenvalue weighted by Gasteiger charge is -2.43. The molecule has 2 aliphatic heterocycles. The Morgan fingerprint density at radius 1 is 0.931 bits per heavy atom. The van der Waals surface area contributed by atoms with Crippen molar-refractivity contribution in [3.05, 3.63) is 100 Å². The molecule has 0 amide bonds. The maximum absolute atomic E-state index is 16.5. The number of Topliss-reactive ketones (excluding diaryl/α,β-unsaturated/α-hetero) is 1. The van der Waals surface area contributed by atoms with Gasteiger partial charge in [-0.1, -0.05) is 69.3 Å². The number of aromatic nitrogens is 2. The zero-order valence-corrected chi connectivity index (χ0v) is 34.3. The Bertz CT molecular complexity index is 2000. The number of nitrogens with zero attached hydrogens (tertiary/aromatic N) is 3. The molecule has 0 radical (unpaired) electrons. The number of rotatable bonds is 19. The van der Waals surface area contributed by atoms with Gasteiger partial charge in [0, 0.05) is 24.6 Å². The number of thioether (sulfide) groups is 1. The van der Waals surface area contributed by atoms with Gasteiger partial charge in [0.1, 0.15) is 5.37 Å². The molecule has 58 heavy (non-hydrogen) atoms. The molecule has 15 nitrogen and oxygen atoms in total. The summed E-state index contributed by atoms with van der Waals surface area (Å²) in [5.74, 6) is -1.62. The summed E-state index contributed by atoms with van der Waals surface area (Å²) < 4.78 is 71.3. The van der Waals surface area contributed by atoms with E-state index in [-0.39, 0.29) is 67.6 Å². The molecular weight excluding hydrogens is 796 g/mol. The number of benzene rings is 2. The molecule has 0 aliphatic carbocycles. The fourth-order valence-corrected chi connectivity index (χ4v) is 9.34. The number of nitriles is 1. The standard InChI is InChI=1S/C40H47FN3O12PS/c1-5-32-25(2)26(3)35(54-27(4)45)39(55-32)50-21-22-52-57(49,51-20-12-18-42)53-24-33-36(56-38(47)29-15-10-7-11-16-29)34(41)37(58-33)44-19-17-30(43-40(44)48)23-31(46)28-13-8-6-9-14-28/h6-11,13-17,19,25-26,32-37,39H,5,12,20-24H2,1-4H3/t25-,26-,32?,33+,34-,35?,36+,37+,39+,57?/m0/s1. The molecule has 0 bridgehead atoms. The smallest absolute Gasteiger partial charge is 0.457 e. The number of carbonyl (C=O) groups is 3. The first kappa shape index (κ1) is 44.8. The second kappa shape index (κ2) is 21.1. The minimum absolute atomic E-state index is 0.0743. The number of esters is 2. The molecule has 0 saturated carbocycles. The lowest BCUT2D eigenvalue weighted by atomic mass is 9.82. The number of carbonyl (C=O) groups excluding carboxylic acids is 3. The Balaban J connectivity index is 1.30. The first-order valence-electron chi connectivity index (χ1n) is 18.9. The first-order valence-corrected chi connectivity index (χ1v) is 21.3. The van der Waals surface area contributed by atoms with Crippen molar-refractivity contribution in [2.45, 2.75) is 88.4 Å². The topological polar surface area (TPSA) is 192 Å². The van der Waals surface area contributed by atoms with Gasteiger partial charge in [-0.05, 0) is 30.5 Å². The van der Waals surface area contributed by atoms with E-state index in [1.807, 2.05) is 26.8 Å². The molecule has 2 fully saturated rings. The second-order valence-electron chi connectivity index (χ2n) is 13.8. The van der Waals surface area contributed by atoms with E-state index >= 15 is 4.39 Å². The van der Waals surface area contributed by atoms with Crippen LogP contribution < -0.4 is 5.69 Å². The van der Waals surface area contributed by atoms with Gasteiger partial charge >= 0.3 is 25.5 Å². The van der Waals surface area contributed by atoms with Gasteiger partial charge in [0.25, 0.3) is 0 Å². The van der Waals surface area contributed by atoms with Crippen molar-refractivity contribution in [2.75, 3.05) is 26.4 Å². The molecule has 0 N–H and O–H groups in total. The minimum Gasteiger partial charge on any atom is -0.457 e. The van der Waals surface area contributed by atoms with Gasteiger partial charge in [0.05, 0.1) is 67.9 Å². The van der Waals surface area contributed by atoms with Gasteiger partial charge in [0.2, 0.25) is 0 Å². The van der Waals surface area contributed by atoms with Crippen LogP contribution in [0.5, 0.6) is 0 Å². The average Bonchev–Trinajstić information content (AvgIpc) is 3.52. The summed E-state index contributed by atoms with van der Waals surface area (Å²) >= 11 is 0.883. The number of phosphoric acid groups is 1.